The summed E-state index contributed by atoms with van der Waals surface area (Å²) in [6.45, 7) is 0. The van der Waals surface area contributed by atoms with E-state index in [0.29, 0.717) is 5.92 Å². The highest BCUT2D eigenvalue weighted by molar-refractivity contribution is 6.16. The van der Waals surface area contributed by atoms with Crippen molar-refractivity contribution in [3.8, 4) is 39.1 Å². The zero-order chi connectivity index (χ0) is 48.3. The van der Waals surface area contributed by atoms with E-state index in [9.17, 15) is 0 Å². The monoisotopic (exact) mass is 934 g/mol. The molecule has 0 amide bonds. The average molecular weight is 935 g/mol. The molecule has 348 valence electrons. The summed E-state index contributed by atoms with van der Waals surface area (Å²) < 4.78 is 2.41. The molecule has 0 aliphatic heterocycles. The Bertz CT molecular complexity index is 3950. The molecule has 0 N–H and O–H groups in total. The molecule has 14 rings (SSSR count). The van der Waals surface area contributed by atoms with E-state index in [1.807, 2.05) is 0 Å². The SMILES string of the molecule is c1ccc(-n2c3ccccc3c3c(-c4ccc(N(c5ccc6c(c5)C(c5ccccc5)(c5ccccc5)c5ccccc5-6)c5ccccc5-c5cccc6cccc(C7CCCCC7)c56)cc4)cccc32)cc1. The van der Waals surface area contributed by atoms with Crippen LogP contribution in [-0.4, -0.2) is 4.57 Å². The summed E-state index contributed by atoms with van der Waals surface area (Å²) in [4.78, 5) is 2.53. The lowest BCUT2D eigenvalue weighted by molar-refractivity contribution is 0.445. The van der Waals surface area contributed by atoms with Crippen LogP contribution in [0.25, 0.3) is 71.6 Å². The molecule has 12 aromatic rings. The van der Waals surface area contributed by atoms with Gasteiger partial charge in [0.05, 0.1) is 22.1 Å². The van der Waals surface area contributed by atoms with Crippen LogP contribution >= 0.6 is 0 Å². The fraction of sp³-hybridized carbons (Fsp3) is 0.0986. The number of nitrogens with zero attached hydrogens (tertiary/aromatic N) is 2. The average Bonchev–Trinajstić information content (AvgIpc) is 3.97. The van der Waals surface area contributed by atoms with Crippen LogP contribution in [0.3, 0.4) is 0 Å². The van der Waals surface area contributed by atoms with Crippen molar-refractivity contribution in [1.82, 2.24) is 4.57 Å². The van der Waals surface area contributed by atoms with Gasteiger partial charge in [0.1, 0.15) is 0 Å². The third-order valence-electron chi connectivity index (χ3n) is 16.3. The van der Waals surface area contributed by atoms with Crippen molar-refractivity contribution in [2.75, 3.05) is 4.90 Å². The first-order chi connectivity index (χ1) is 36.3. The summed E-state index contributed by atoms with van der Waals surface area (Å²) in [5.41, 5.74) is 20.5. The van der Waals surface area contributed by atoms with Gasteiger partial charge >= 0.3 is 0 Å². The van der Waals surface area contributed by atoms with Crippen LogP contribution in [0.15, 0.2) is 261 Å². The number of aromatic nitrogens is 1. The third-order valence-corrected chi connectivity index (χ3v) is 16.3. The highest BCUT2D eigenvalue weighted by Crippen LogP contribution is 2.58. The Hall–Kier alpha value is -8.72. The molecule has 0 atom stereocenters. The molecular weight excluding hydrogens is 881 g/mol. The smallest absolute Gasteiger partial charge is 0.0714 e. The molecule has 73 heavy (non-hydrogen) atoms. The van der Waals surface area contributed by atoms with Gasteiger partial charge in [-0.05, 0) is 140 Å². The van der Waals surface area contributed by atoms with E-state index in [1.165, 1.54) is 126 Å². The number of fused-ring (bicyclic) bond motifs is 7. The van der Waals surface area contributed by atoms with Gasteiger partial charge in [-0.2, -0.15) is 0 Å². The van der Waals surface area contributed by atoms with Crippen LogP contribution in [-0.2, 0) is 5.41 Å². The number of hydrogen-bond acceptors (Lipinski definition) is 1. The zero-order valence-electron chi connectivity index (χ0n) is 40.8. The normalized spacial score (nSPS) is 14.1. The summed E-state index contributed by atoms with van der Waals surface area (Å²) in [5.74, 6) is 0.558. The minimum Gasteiger partial charge on any atom is -0.310 e. The summed E-state index contributed by atoms with van der Waals surface area (Å²) in [6.07, 6.45) is 6.41. The summed E-state index contributed by atoms with van der Waals surface area (Å²) >= 11 is 0. The van der Waals surface area contributed by atoms with Gasteiger partial charge in [0, 0.05) is 33.4 Å². The summed E-state index contributed by atoms with van der Waals surface area (Å²) in [5, 5.41) is 5.20. The standard InChI is InChI=1S/C71H54N2/c1-5-22-49(23-6-1)57-35-19-24-51-25-20-37-62(69(51)57)61-33-14-17-39-66(61)72(55-44-42-50(43-45-55)58-36-21-41-68-70(58)63-34-15-18-40-67(63)73(68)54-30-11-4-12-31-54)56-46-47-60-59-32-13-16-38-64(59)71(65(60)48-56,52-26-7-2-8-27-52)53-28-9-3-10-29-53/h2-4,7-21,24-49H,1,5-6,22-23H2. The van der Waals surface area contributed by atoms with Gasteiger partial charge in [-0.25, -0.2) is 0 Å². The minimum atomic E-state index is -0.540. The van der Waals surface area contributed by atoms with Crippen molar-refractivity contribution < 1.29 is 0 Å². The maximum Gasteiger partial charge on any atom is 0.0714 e. The molecule has 11 aromatic carbocycles. The molecule has 1 saturated carbocycles. The Labute approximate surface area is 428 Å². The van der Waals surface area contributed by atoms with Crippen LogP contribution in [0.5, 0.6) is 0 Å². The van der Waals surface area contributed by atoms with Crippen molar-refractivity contribution in [2.45, 2.75) is 43.4 Å². The van der Waals surface area contributed by atoms with E-state index >= 15 is 0 Å². The van der Waals surface area contributed by atoms with Crippen molar-refractivity contribution >= 4 is 49.6 Å². The molecule has 0 saturated heterocycles. The molecule has 0 bridgehead atoms. The quantitative estimate of drug-likeness (QED) is 0.140. The molecule has 0 spiro atoms. The Morgan fingerprint density at radius 3 is 1.73 bits per heavy atom. The predicted octanol–water partition coefficient (Wildman–Crippen LogP) is 19.2. The number of rotatable bonds is 9. The molecule has 2 aliphatic rings. The Morgan fingerprint density at radius 2 is 0.959 bits per heavy atom. The number of benzene rings is 11. The molecule has 2 nitrogen and oxygen atoms in total. The lowest BCUT2D eigenvalue weighted by Crippen LogP contribution is -2.28. The second kappa shape index (κ2) is 17.8. The molecule has 1 heterocycles. The van der Waals surface area contributed by atoms with Gasteiger partial charge in [0.15, 0.2) is 0 Å². The number of hydrogen-bond donors (Lipinski definition) is 0. The Morgan fingerprint density at radius 1 is 0.384 bits per heavy atom. The molecular formula is C71H54N2. The fourth-order valence-corrected chi connectivity index (χ4v) is 13.1. The number of anilines is 3. The summed E-state index contributed by atoms with van der Waals surface area (Å²) in [6, 6.07) is 97.5. The largest absolute Gasteiger partial charge is 0.310 e. The van der Waals surface area contributed by atoms with Gasteiger partial charge in [-0.3, -0.25) is 0 Å². The van der Waals surface area contributed by atoms with E-state index < -0.39 is 5.41 Å². The first-order valence-corrected chi connectivity index (χ1v) is 26.2. The fourth-order valence-electron chi connectivity index (χ4n) is 13.1. The van der Waals surface area contributed by atoms with E-state index in [4.69, 9.17) is 0 Å². The first-order valence-electron chi connectivity index (χ1n) is 26.2. The highest BCUT2D eigenvalue weighted by Gasteiger charge is 2.46. The van der Waals surface area contributed by atoms with Crippen LogP contribution in [0.4, 0.5) is 17.1 Å². The molecule has 1 fully saturated rings. The van der Waals surface area contributed by atoms with E-state index in [1.54, 1.807) is 0 Å². The van der Waals surface area contributed by atoms with Crippen molar-refractivity contribution in [3.05, 3.63) is 289 Å². The lowest BCUT2D eigenvalue weighted by Gasteiger charge is -2.35. The minimum absolute atomic E-state index is 0.540. The maximum atomic E-state index is 2.53. The highest BCUT2D eigenvalue weighted by atomic mass is 15.1. The lowest BCUT2D eigenvalue weighted by atomic mass is 9.67. The molecule has 1 aromatic heterocycles. The molecule has 2 aliphatic carbocycles. The van der Waals surface area contributed by atoms with Crippen molar-refractivity contribution in [3.63, 3.8) is 0 Å². The zero-order valence-corrected chi connectivity index (χ0v) is 40.8. The molecule has 0 unspecified atom stereocenters. The van der Waals surface area contributed by atoms with E-state index in [2.05, 4.69) is 270 Å². The third kappa shape index (κ3) is 6.92. The second-order valence-electron chi connectivity index (χ2n) is 20.1. The second-order valence-corrected chi connectivity index (χ2v) is 20.1. The van der Waals surface area contributed by atoms with Gasteiger partial charge in [-0.1, -0.05) is 226 Å². The number of para-hydroxylation sites is 3. The summed E-state index contributed by atoms with van der Waals surface area (Å²) in [7, 11) is 0. The van der Waals surface area contributed by atoms with Crippen LogP contribution in [0, 0.1) is 0 Å². The van der Waals surface area contributed by atoms with Gasteiger partial charge in [-0.15, -0.1) is 0 Å². The van der Waals surface area contributed by atoms with E-state index in [0.717, 1.165) is 22.7 Å². The van der Waals surface area contributed by atoms with Crippen LogP contribution < -0.4 is 4.90 Å². The first kappa shape index (κ1) is 43.1. The maximum absolute atomic E-state index is 2.53. The predicted molar refractivity (Wildman–Crippen MR) is 307 cm³/mol. The van der Waals surface area contributed by atoms with Crippen molar-refractivity contribution in [1.29, 1.82) is 0 Å². The van der Waals surface area contributed by atoms with E-state index in [-0.39, 0.29) is 0 Å². The van der Waals surface area contributed by atoms with Gasteiger partial charge in [0.2, 0.25) is 0 Å². The van der Waals surface area contributed by atoms with Crippen molar-refractivity contribution in [2.24, 2.45) is 0 Å². The van der Waals surface area contributed by atoms with Gasteiger partial charge < -0.3 is 9.47 Å². The van der Waals surface area contributed by atoms with Crippen LogP contribution in [0.2, 0.25) is 0 Å². The molecule has 0 radical (unpaired) electrons. The van der Waals surface area contributed by atoms with Gasteiger partial charge in [0.25, 0.3) is 0 Å². The Balaban J connectivity index is 1.00. The van der Waals surface area contributed by atoms with Crippen LogP contribution in [0.1, 0.15) is 65.8 Å². The molecule has 2 heteroatoms. The topological polar surface area (TPSA) is 8.17 Å². The Kier molecular flexibility index (Phi) is 10.5.